The second-order valence-electron chi connectivity index (χ2n) is 20.5. The molecule has 0 unspecified atom stereocenters. The highest BCUT2D eigenvalue weighted by Gasteiger charge is 2.64. The Kier molecular flexibility index (Phi) is 15.3. The SMILES string of the molecule is Cc1ccsc1-c1ccc([C@H](C)NC(=O)[C@@H]2C[C@@H](O)CN2C(=O)[C@@H](NC(=O)CNC(=O)c2ccc(Oc3ccc(C(=O)NC4C(C)(C)C(Oc5ccc(C#N)c(Cl)c5)C4(C)C)cn3)cc2)C(C)(C)C)cc1. The zero-order valence-electron chi connectivity index (χ0n) is 41.3. The normalized spacial score (nSPS) is 19.8. The molecule has 1 saturated carbocycles. The number of benzene rings is 3. The number of hydrogen-bond acceptors (Lipinski definition) is 11. The van der Waals surface area contributed by atoms with Crippen LogP contribution in [-0.2, 0) is 14.4 Å². The van der Waals surface area contributed by atoms with Gasteiger partial charge in [-0.05, 0) is 89.9 Å². The van der Waals surface area contributed by atoms with Gasteiger partial charge in [-0.15, -0.1) is 11.3 Å². The fraction of sp³-hybridized carbons (Fsp3) is 0.389. The van der Waals surface area contributed by atoms with Crippen molar-refractivity contribution < 1.29 is 38.6 Å². The number of nitrogens with one attached hydrogen (secondary N) is 4. The Balaban J connectivity index is 0.884. The summed E-state index contributed by atoms with van der Waals surface area (Å²) in [6, 6.07) is 23.7. The first kappa shape index (κ1) is 52.0. The molecule has 1 aliphatic carbocycles. The maximum absolute atomic E-state index is 14.1. The van der Waals surface area contributed by atoms with Crippen molar-refractivity contribution in [3.63, 3.8) is 0 Å². The molecule has 71 heavy (non-hydrogen) atoms. The standard InChI is InChI=1S/C54H60ClN7O8S/c1-30-22-23-71-44(30)33-12-10-32(11-13-33)31(2)59-48(67)41-24-37(63)29-62(41)49(68)45(52(3,4)5)60-42(64)28-58-46(65)34-14-18-38(19-15-34)69-43-21-17-36(27-57-43)47(66)61-50-53(6,7)51(54(50,8)9)70-39-20-16-35(26-56)40(55)25-39/h10-23,25,27,31,37,41,45,50-51,63H,24,28-29H2,1-9H3,(H,58,65)(H,59,67)(H,60,64)(H,61,66)/t31-,37+,41-,45+,50?,51?/m0/s1. The summed E-state index contributed by atoms with van der Waals surface area (Å²) >= 11 is 7.90. The van der Waals surface area contributed by atoms with E-state index in [1.165, 1.54) is 33.7 Å². The first-order valence-electron chi connectivity index (χ1n) is 23.4. The number of carbonyl (C=O) groups is 5. The zero-order chi connectivity index (χ0) is 51.6. The van der Waals surface area contributed by atoms with Crippen LogP contribution in [0.4, 0.5) is 0 Å². The van der Waals surface area contributed by atoms with Gasteiger partial charge >= 0.3 is 0 Å². The molecule has 3 heterocycles. The van der Waals surface area contributed by atoms with Gasteiger partial charge in [-0.25, -0.2) is 4.98 Å². The molecular formula is C54H60ClN7O8S. The summed E-state index contributed by atoms with van der Waals surface area (Å²) in [4.78, 5) is 74.5. The molecular weight excluding hydrogens is 942 g/mol. The lowest BCUT2D eigenvalue weighted by Gasteiger charge is -2.63. The molecule has 1 aliphatic heterocycles. The van der Waals surface area contributed by atoms with E-state index in [1.54, 1.807) is 74.6 Å². The van der Waals surface area contributed by atoms with E-state index >= 15 is 0 Å². The van der Waals surface area contributed by atoms with Gasteiger partial charge in [0.25, 0.3) is 11.8 Å². The molecule has 5 aromatic rings. The highest BCUT2D eigenvalue weighted by Crippen LogP contribution is 2.55. The van der Waals surface area contributed by atoms with Crippen molar-refractivity contribution in [2.45, 2.75) is 105 Å². The topological polar surface area (TPSA) is 212 Å². The van der Waals surface area contributed by atoms with Gasteiger partial charge in [0.15, 0.2) is 0 Å². The molecule has 2 aromatic heterocycles. The number of aromatic nitrogens is 1. The fourth-order valence-electron chi connectivity index (χ4n) is 9.76. The number of β-amino-alcohol motifs (C(OH)–C–C–N with tert-alkyl or cyclic N) is 1. The van der Waals surface area contributed by atoms with Crippen LogP contribution in [-0.4, -0.2) is 87.9 Å². The van der Waals surface area contributed by atoms with Crippen LogP contribution in [0.1, 0.15) is 105 Å². The Bertz CT molecular complexity index is 2820. The van der Waals surface area contributed by atoms with Crippen LogP contribution in [0.15, 0.2) is 96.5 Å². The summed E-state index contributed by atoms with van der Waals surface area (Å²) in [7, 11) is 0. The summed E-state index contributed by atoms with van der Waals surface area (Å²) in [5.41, 5.74) is 2.39. The summed E-state index contributed by atoms with van der Waals surface area (Å²) in [6.07, 6.45) is 0.267. The number of aliphatic hydroxyl groups excluding tert-OH is 1. The van der Waals surface area contributed by atoms with Gasteiger partial charge in [-0.2, -0.15) is 5.26 Å². The Hall–Kier alpha value is -6.80. The molecule has 5 amide bonds. The minimum Gasteiger partial charge on any atom is -0.489 e. The van der Waals surface area contributed by atoms with Crippen LogP contribution in [0.3, 0.4) is 0 Å². The molecule has 0 spiro atoms. The van der Waals surface area contributed by atoms with Gasteiger partial charge in [0.05, 0.1) is 34.8 Å². The van der Waals surface area contributed by atoms with Gasteiger partial charge in [-0.1, -0.05) is 84.3 Å². The molecule has 2 fully saturated rings. The number of thiophene rings is 1. The smallest absolute Gasteiger partial charge is 0.253 e. The molecule has 0 bridgehead atoms. The van der Waals surface area contributed by atoms with E-state index in [0.717, 1.165) is 11.1 Å². The number of carbonyl (C=O) groups excluding carboxylic acids is 5. The highest BCUT2D eigenvalue weighted by atomic mass is 35.5. The van der Waals surface area contributed by atoms with E-state index in [-0.39, 0.29) is 48.5 Å². The summed E-state index contributed by atoms with van der Waals surface area (Å²) in [5, 5.41) is 33.8. The number of nitrogens with zero attached hydrogens (tertiary/aromatic N) is 3. The lowest BCUT2D eigenvalue weighted by molar-refractivity contribution is -0.164. The number of aliphatic hydroxyl groups is 1. The van der Waals surface area contributed by atoms with Gasteiger partial charge in [-0.3, -0.25) is 24.0 Å². The second kappa shape index (κ2) is 20.9. The van der Waals surface area contributed by atoms with Crippen molar-refractivity contribution in [3.8, 4) is 33.9 Å². The van der Waals surface area contributed by atoms with Crippen molar-refractivity contribution in [1.82, 2.24) is 31.2 Å². The minimum atomic E-state index is -1.08. The van der Waals surface area contributed by atoms with E-state index in [4.69, 9.17) is 21.1 Å². The molecule has 17 heteroatoms. The number of likely N-dealkylation sites (tertiary alicyclic amines) is 1. The molecule has 2 aliphatic rings. The predicted octanol–water partition coefficient (Wildman–Crippen LogP) is 8.15. The maximum atomic E-state index is 14.1. The fourth-order valence-corrected chi connectivity index (χ4v) is 10.9. The largest absolute Gasteiger partial charge is 0.489 e. The number of amides is 5. The van der Waals surface area contributed by atoms with Crippen LogP contribution < -0.4 is 30.7 Å². The number of pyridine rings is 1. The van der Waals surface area contributed by atoms with Crippen LogP contribution in [0.5, 0.6) is 17.4 Å². The summed E-state index contributed by atoms with van der Waals surface area (Å²) in [5.74, 6) is -1.28. The van der Waals surface area contributed by atoms with Crippen molar-refractivity contribution in [2.75, 3.05) is 13.1 Å². The Morgan fingerprint density at radius 1 is 0.915 bits per heavy atom. The van der Waals surface area contributed by atoms with Crippen molar-refractivity contribution >= 4 is 52.5 Å². The molecule has 7 rings (SSSR count). The average molecular weight is 1000 g/mol. The lowest BCUT2D eigenvalue weighted by Crippen LogP contribution is -2.74. The third-order valence-electron chi connectivity index (χ3n) is 13.4. The van der Waals surface area contributed by atoms with Crippen molar-refractivity contribution in [2.24, 2.45) is 16.2 Å². The Morgan fingerprint density at radius 2 is 1.58 bits per heavy atom. The third-order valence-corrected chi connectivity index (χ3v) is 14.7. The van der Waals surface area contributed by atoms with Gasteiger partial charge in [0.2, 0.25) is 23.6 Å². The molecule has 3 aromatic carbocycles. The maximum Gasteiger partial charge on any atom is 0.253 e. The quantitative estimate of drug-likeness (QED) is 0.0679. The first-order chi connectivity index (χ1) is 33.5. The lowest BCUT2D eigenvalue weighted by atomic mass is 9.49. The summed E-state index contributed by atoms with van der Waals surface area (Å²) < 4.78 is 12.2. The third kappa shape index (κ3) is 11.5. The number of hydrogen-bond donors (Lipinski definition) is 5. The molecule has 15 nitrogen and oxygen atoms in total. The van der Waals surface area contributed by atoms with Gasteiger partial charge in [0, 0.05) is 58.6 Å². The molecule has 0 radical (unpaired) electrons. The van der Waals surface area contributed by atoms with E-state index in [1.807, 2.05) is 70.3 Å². The van der Waals surface area contributed by atoms with Crippen molar-refractivity contribution in [3.05, 3.63) is 129 Å². The number of aryl methyl sites for hydroxylation is 1. The van der Waals surface area contributed by atoms with Crippen LogP contribution in [0, 0.1) is 34.5 Å². The summed E-state index contributed by atoms with van der Waals surface area (Å²) in [6.45, 7) is 16.8. The van der Waals surface area contributed by atoms with Crippen LogP contribution in [0.2, 0.25) is 5.02 Å². The van der Waals surface area contributed by atoms with Crippen LogP contribution in [0.25, 0.3) is 10.4 Å². The Morgan fingerprint density at radius 3 is 2.17 bits per heavy atom. The Labute approximate surface area is 423 Å². The molecule has 1 saturated heterocycles. The first-order valence-corrected chi connectivity index (χ1v) is 24.7. The van der Waals surface area contributed by atoms with Gasteiger partial charge in [0.1, 0.15) is 35.8 Å². The zero-order valence-corrected chi connectivity index (χ0v) is 42.8. The number of rotatable bonds is 15. The molecule has 4 atom stereocenters. The monoisotopic (exact) mass is 1000 g/mol. The number of nitriles is 1. The van der Waals surface area contributed by atoms with E-state index < -0.39 is 64.6 Å². The minimum absolute atomic E-state index is 0.0459. The molecule has 5 N–H and O–H groups in total. The predicted molar refractivity (Wildman–Crippen MR) is 271 cm³/mol. The van der Waals surface area contributed by atoms with Gasteiger partial charge < -0.3 is 40.7 Å². The van der Waals surface area contributed by atoms with E-state index in [9.17, 15) is 34.3 Å². The average Bonchev–Trinajstić information content (AvgIpc) is 3.95. The second-order valence-corrected chi connectivity index (χ2v) is 21.9. The van der Waals surface area contributed by atoms with Crippen LogP contribution >= 0.6 is 22.9 Å². The number of halogens is 1. The molecule has 372 valence electrons. The van der Waals surface area contributed by atoms with E-state index in [0.29, 0.717) is 27.6 Å². The highest BCUT2D eigenvalue weighted by molar-refractivity contribution is 7.13. The van der Waals surface area contributed by atoms with E-state index in [2.05, 4.69) is 39.2 Å². The number of ether oxygens (including phenoxy) is 2. The van der Waals surface area contributed by atoms with Crippen molar-refractivity contribution in [1.29, 1.82) is 5.26 Å².